The van der Waals surface area contributed by atoms with E-state index in [1.165, 1.54) is 4.90 Å². The van der Waals surface area contributed by atoms with Gasteiger partial charge in [-0.25, -0.2) is 0 Å². The summed E-state index contributed by atoms with van der Waals surface area (Å²) in [6.45, 7) is 1.89. The highest BCUT2D eigenvalue weighted by Gasteiger charge is 2.31. The van der Waals surface area contributed by atoms with Gasteiger partial charge in [-0.05, 0) is 36.8 Å². The standard InChI is InChI=1S/C25H23N3O4/c1-17(25(31)28-16-23(29)27-20-12-6-7-13-21(20)28)32-22-14-8-5-11-19(22)24(30)26-15-18-9-3-2-4-10-18/h2-14,17H,15-16H2,1H3,(H,26,30)(H,27,29)/t17-/m1/s1. The minimum atomic E-state index is -0.906. The zero-order valence-electron chi connectivity index (χ0n) is 17.6. The summed E-state index contributed by atoms with van der Waals surface area (Å²) in [5.74, 6) is -0.641. The number of para-hydroxylation sites is 3. The van der Waals surface area contributed by atoms with Crippen LogP contribution in [0.5, 0.6) is 5.75 Å². The van der Waals surface area contributed by atoms with Crippen molar-refractivity contribution in [3.8, 4) is 5.75 Å². The second kappa shape index (κ2) is 9.34. The van der Waals surface area contributed by atoms with E-state index in [4.69, 9.17) is 4.74 Å². The van der Waals surface area contributed by atoms with Crippen LogP contribution < -0.4 is 20.3 Å². The largest absolute Gasteiger partial charge is 0.480 e. The first-order chi connectivity index (χ1) is 15.5. The van der Waals surface area contributed by atoms with Gasteiger partial charge in [-0.3, -0.25) is 19.3 Å². The molecule has 2 N–H and O–H groups in total. The molecule has 1 heterocycles. The molecule has 0 aromatic heterocycles. The van der Waals surface area contributed by atoms with Crippen LogP contribution in [0.15, 0.2) is 78.9 Å². The fourth-order valence-corrected chi connectivity index (χ4v) is 3.52. The molecule has 32 heavy (non-hydrogen) atoms. The number of anilines is 2. The van der Waals surface area contributed by atoms with Crippen LogP contribution in [0.4, 0.5) is 11.4 Å². The molecule has 7 nitrogen and oxygen atoms in total. The molecule has 1 atom stereocenters. The maximum Gasteiger partial charge on any atom is 0.268 e. The van der Waals surface area contributed by atoms with Gasteiger partial charge in [-0.15, -0.1) is 0 Å². The molecule has 0 unspecified atom stereocenters. The highest BCUT2D eigenvalue weighted by molar-refractivity contribution is 6.11. The van der Waals surface area contributed by atoms with Gasteiger partial charge in [0.05, 0.1) is 16.9 Å². The number of carbonyl (C=O) groups excluding carboxylic acids is 3. The van der Waals surface area contributed by atoms with Crippen LogP contribution in [0.1, 0.15) is 22.8 Å². The quantitative estimate of drug-likeness (QED) is 0.629. The molecule has 7 heteroatoms. The number of amides is 3. The van der Waals surface area contributed by atoms with Crippen molar-refractivity contribution >= 4 is 29.1 Å². The molecule has 162 valence electrons. The van der Waals surface area contributed by atoms with Gasteiger partial charge in [-0.1, -0.05) is 54.6 Å². The van der Waals surface area contributed by atoms with Crippen LogP contribution in [0.2, 0.25) is 0 Å². The van der Waals surface area contributed by atoms with Gasteiger partial charge >= 0.3 is 0 Å². The maximum atomic E-state index is 13.1. The molecule has 1 aliphatic rings. The number of fused-ring (bicyclic) bond motifs is 1. The van der Waals surface area contributed by atoms with Gasteiger partial charge in [0, 0.05) is 6.54 Å². The monoisotopic (exact) mass is 429 g/mol. The maximum absolute atomic E-state index is 13.1. The third-order valence-electron chi connectivity index (χ3n) is 5.12. The second-order valence-electron chi connectivity index (χ2n) is 7.41. The van der Waals surface area contributed by atoms with E-state index in [1.807, 2.05) is 30.3 Å². The molecular weight excluding hydrogens is 406 g/mol. The number of nitrogens with zero attached hydrogens (tertiary/aromatic N) is 1. The molecule has 0 aliphatic carbocycles. The lowest BCUT2D eigenvalue weighted by atomic mass is 10.1. The van der Waals surface area contributed by atoms with Crippen LogP contribution in [0, 0.1) is 0 Å². The number of ether oxygens (including phenoxy) is 1. The van der Waals surface area contributed by atoms with Crippen molar-refractivity contribution in [1.29, 1.82) is 0 Å². The van der Waals surface area contributed by atoms with Crippen LogP contribution >= 0.6 is 0 Å². The van der Waals surface area contributed by atoms with Crippen molar-refractivity contribution in [3.05, 3.63) is 90.0 Å². The highest BCUT2D eigenvalue weighted by atomic mass is 16.5. The molecule has 0 saturated carbocycles. The first kappa shape index (κ1) is 21.1. The van der Waals surface area contributed by atoms with E-state index in [9.17, 15) is 14.4 Å². The Bertz CT molecular complexity index is 1150. The highest BCUT2D eigenvalue weighted by Crippen LogP contribution is 2.30. The zero-order valence-corrected chi connectivity index (χ0v) is 17.6. The van der Waals surface area contributed by atoms with Gasteiger partial charge in [-0.2, -0.15) is 0 Å². The van der Waals surface area contributed by atoms with Crippen LogP contribution in [0.25, 0.3) is 0 Å². The van der Waals surface area contributed by atoms with Crippen molar-refractivity contribution in [1.82, 2.24) is 5.32 Å². The first-order valence-corrected chi connectivity index (χ1v) is 10.3. The third-order valence-corrected chi connectivity index (χ3v) is 5.12. The minimum Gasteiger partial charge on any atom is -0.480 e. The van der Waals surface area contributed by atoms with Crippen molar-refractivity contribution in [3.63, 3.8) is 0 Å². The topological polar surface area (TPSA) is 87.7 Å². The Hall–Kier alpha value is -4.13. The molecule has 0 saturated heterocycles. The summed E-state index contributed by atoms with van der Waals surface area (Å²) in [5.41, 5.74) is 2.50. The molecule has 0 spiro atoms. The summed E-state index contributed by atoms with van der Waals surface area (Å²) in [7, 11) is 0. The molecular formula is C25H23N3O4. The van der Waals surface area contributed by atoms with E-state index in [1.54, 1.807) is 55.5 Å². The Morgan fingerprint density at radius 2 is 1.69 bits per heavy atom. The molecule has 0 radical (unpaired) electrons. The fraction of sp³-hybridized carbons (Fsp3) is 0.160. The first-order valence-electron chi connectivity index (χ1n) is 10.3. The Labute approximate surface area is 186 Å². The number of benzene rings is 3. The average Bonchev–Trinajstić information content (AvgIpc) is 2.82. The molecule has 0 bridgehead atoms. The lowest BCUT2D eigenvalue weighted by molar-refractivity contribution is -0.126. The zero-order chi connectivity index (χ0) is 22.5. The summed E-state index contributed by atoms with van der Waals surface area (Å²) in [5, 5.41) is 5.63. The molecule has 1 aliphatic heterocycles. The second-order valence-corrected chi connectivity index (χ2v) is 7.41. The lowest BCUT2D eigenvalue weighted by Crippen LogP contribution is -2.47. The Morgan fingerprint density at radius 3 is 2.50 bits per heavy atom. The summed E-state index contributed by atoms with van der Waals surface area (Å²) < 4.78 is 5.90. The van der Waals surface area contributed by atoms with E-state index in [0.29, 0.717) is 29.2 Å². The lowest BCUT2D eigenvalue weighted by Gasteiger charge is -2.31. The van der Waals surface area contributed by atoms with Crippen LogP contribution in [-0.2, 0) is 16.1 Å². The number of nitrogens with one attached hydrogen (secondary N) is 2. The molecule has 0 fully saturated rings. The Kier molecular flexibility index (Phi) is 6.17. The van der Waals surface area contributed by atoms with E-state index in [0.717, 1.165) is 5.56 Å². The number of carbonyl (C=O) groups is 3. The number of hydrogen-bond acceptors (Lipinski definition) is 4. The molecule has 3 aromatic carbocycles. The van der Waals surface area contributed by atoms with Crippen LogP contribution in [-0.4, -0.2) is 30.4 Å². The summed E-state index contributed by atoms with van der Waals surface area (Å²) in [4.78, 5) is 39.3. The molecule has 3 amide bonds. The average molecular weight is 429 g/mol. The van der Waals surface area contributed by atoms with E-state index in [-0.39, 0.29) is 24.3 Å². The summed E-state index contributed by atoms with van der Waals surface area (Å²) in [6.07, 6.45) is -0.906. The molecule has 4 rings (SSSR count). The summed E-state index contributed by atoms with van der Waals surface area (Å²) in [6, 6.07) is 23.5. The fourth-order valence-electron chi connectivity index (χ4n) is 3.52. The minimum absolute atomic E-state index is 0.0945. The van der Waals surface area contributed by atoms with Gasteiger partial charge < -0.3 is 15.4 Å². The Balaban J connectivity index is 1.48. The van der Waals surface area contributed by atoms with Crippen molar-refractivity contribution in [2.75, 3.05) is 16.8 Å². The van der Waals surface area contributed by atoms with Gasteiger partial charge in [0.1, 0.15) is 12.3 Å². The number of hydrogen-bond donors (Lipinski definition) is 2. The SMILES string of the molecule is C[C@@H](Oc1ccccc1C(=O)NCc1ccccc1)C(=O)N1CC(=O)Nc2ccccc21. The van der Waals surface area contributed by atoms with Gasteiger partial charge in [0.15, 0.2) is 6.10 Å². The van der Waals surface area contributed by atoms with Crippen molar-refractivity contribution in [2.45, 2.75) is 19.6 Å². The predicted molar refractivity (Wildman–Crippen MR) is 122 cm³/mol. The third kappa shape index (κ3) is 4.62. The van der Waals surface area contributed by atoms with E-state index >= 15 is 0 Å². The summed E-state index contributed by atoms with van der Waals surface area (Å²) >= 11 is 0. The van der Waals surface area contributed by atoms with Crippen molar-refractivity contribution in [2.24, 2.45) is 0 Å². The van der Waals surface area contributed by atoms with Crippen LogP contribution in [0.3, 0.4) is 0 Å². The normalized spacial score (nSPS) is 13.5. The smallest absolute Gasteiger partial charge is 0.268 e. The van der Waals surface area contributed by atoms with Crippen molar-refractivity contribution < 1.29 is 19.1 Å². The van der Waals surface area contributed by atoms with Gasteiger partial charge in [0.2, 0.25) is 5.91 Å². The molecule has 3 aromatic rings. The van der Waals surface area contributed by atoms with E-state index < -0.39 is 6.10 Å². The Morgan fingerprint density at radius 1 is 1.00 bits per heavy atom. The van der Waals surface area contributed by atoms with E-state index in [2.05, 4.69) is 10.6 Å². The predicted octanol–water partition coefficient (Wildman–Crippen LogP) is 3.37. The number of rotatable bonds is 6. The van der Waals surface area contributed by atoms with Gasteiger partial charge in [0.25, 0.3) is 11.8 Å².